The number of rotatable bonds is 5. The van der Waals surface area contributed by atoms with E-state index in [2.05, 4.69) is 22.2 Å². The zero-order chi connectivity index (χ0) is 17.1. The zero-order valence-corrected chi connectivity index (χ0v) is 14.3. The Hall–Kier alpha value is -2.69. The molecule has 3 rings (SSSR count). The maximum atomic E-state index is 12.6. The smallest absolute Gasteiger partial charge is 0.226 e. The standard InChI is InChI=1S/C19H22N4O/c1-4-15(19-13(2)8-7-10-20-19)22-18(24)12-16-14(3)21-17-9-5-6-11-23(16)17/h5-11,15H,4,12H2,1-3H3,(H,22,24)/t15-/m1/s1. The lowest BCUT2D eigenvalue weighted by atomic mass is 10.1. The number of hydrogen-bond acceptors (Lipinski definition) is 3. The van der Waals surface area contributed by atoms with Gasteiger partial charge in [-0.05, 0) is 44.0 Å². The van der Waals surface area contributed by atoms with Crippen LogP contribution in [0.3, 0.4) is 0 Å². The number of aryl methyl sites for hydroxylation is 2. The van der Waals surface area contributed by atoms with E-state index in [1.54, 1.807) is 6.20 Å². The van der Waals surface area contributed by atoms with Crippen LogP contribution in [0.5, 0.6) is 0 Å². The number of carbonyl (C=O) groups is 1. The van der Waals surface area contributed by atoms with Crippen molar-refractivity contribution < 1.29 is 4.79 Å². The van der Waals surface area contributed by atoms with Gasteiger partial charge in [-0.1, -0.05) is 19.1 Å². The Labute approximate surface area is 141 Å². The molecule has 24 heavy (non-hydrogen) atoms. The molecule has 5 nitrogen and oxygen atoms in total. The average Bonchev–Trinajstić information content (AvgIpc) is 2.89. The molecule has 3 aromatic heterocycles. The van der Waals surface area contributed by atoms with Gasteiger partial charge < -0.3 is 9.72 Å². The molecule has 5 heteroatoms. The van der Waals surface area contributed by atoms with Crippen LogP contribution in [0.25, 0.3) is 5.65 Å². The maximum Gasteiger partial charge on any atom is 0.226 e. The number of fused-ring (bicyclic) bond motifs is 1. The lowest BCUT2D eigenvalue weighted by Gasteiger charge is -2.18. The van der Waals surface area contributed by atoms with E-state index in [9.17, 15) is 4.79 Å². The summed E-state index contributed by atoms with van der Waals surface area (Å²) in [6, 6.07) is 9.70. The van der Waals surface area contributed by atoms with Gasteiger partial charge in [-0.2, -0.15) is 0 Å². The van der Waals surface area contributed by atoms with E-state index < -0.39 is 0 Å². The van der Waals surface area contributed by atoms with Gasteiger partial charge in [0.25, 0.3) is 0 Å². The second-order valence-corrected chi connectivity index (χ2v) is 5.98. The van der Waals surface area contributed by atoms with E-state index in [0.29, 0.717) is 6.42 Å². The molecule has 0 aliphatic carbocycles. The van der Waals surface area contributed by atoms with Crippen molar-refractivity contribution in [3.8, 4) is 0 Å². The monoisotopic (exact) mass is 322 g/mol. The van der Waals surface area contributed by atoms with Crippen LogP contribution in [-0.4, -0.2) is 20.3 Å². The van der Waals surface area contributed by atoms with Crippen molar-refractivity contribution in [2.45, 2.75) is 39.7 Å². The van der Waals surface area contributed by atoms with Crippen molar-refractivity contribution in [2.24, 2.45) is 0 Å². The van der Waals surface area contributed by atoms with Gasteiger partial charge in [-0.3, -0.25) is 9.78 Å². The number of carbonyl (C=O) groups excluding carboxylic acids is 1. The van der Waals surface area contributed by atoms with Gasteiger partial charge in [0.2, 0.25) is 5.91 Å². The largest absolute Gasteiger partial charge is 0.347 e. The van der Waals surface area contributed by atoms with E-state index >= 15 is 0 Å². The summed E-state index contributed by atoms with van der Waals surface area (Å²) in [4.78, 5) is 21.5. The quantitative estimate of drug-likeness (QED) is 0.785. The number of aromatic nitrogens is 3. The van der Waals surface area contributed by atoms with Crippen LogP contribution in [0.2, 0.25) is 0 Å². The van der Waals surface area contributed by atoms with Crippen molar-refractivity contribution in [3.63, 3.8) is 0 Å². The molecule has 0 saturated heterocycles. The third-order valence-electron chi connectivity index (χ3n) is 4.28. The third-order valence-corrected chi connectivity index (χ3v) is 4.28. The number of amides is 1. The molecule has 0 spiro atoms. The molecular formula is C19H22N4O. The van der Waals surface area contributed by atoms with Crippen LogP contribution in [0.15, 0.2) is 42.7 Å². The van der Waals surface area contributed by atoms with E-state index in [4.69, 9.17) is 0 Å². The van der Waals surface area contributed by atoms with Crippen LogP contribution in [0.1, 0.15) is 42.0 Å². The average molecular weight is 322 g/mol. The minimum Gasteiger partial charge on any atom is -0.347 e. The molecule has 0 aliphatic heterocycles. The van der Waals surface area contributed by atoms with Crippen molar-refractivity contribution in [1.82, 2.24) is 19.7 Å². The van der Waals surface area contributed by atoms with Crippen LogP contribution >= 0.6 is 0 Å². The predicted octanol–water partition coefficient (Wildman–Crippen LogP) is 3.16. The Morgan fingerprint density at radius 1 is 1.25 bits per heavy atom. The lowest BCUT2D eigenvalue weighted by Crippen LogP contribution is -2.31. The minimum atomic E-state index is -0.0711. The fraction of sp³-hybridized carbons (Fsp3) is 0.316. The molecule has 124 valence electrons. The molecule has 3 heterocycles. The molecule has 1 N–H and O–H groups in total. The number of nitrogens with zero attached hydrogens (tertiary/aromatic N) is 3. The molecule has 0 aliphatic rings. The first-order chi connectivity index (χ1) is 11.6. The van der Waals surface area contributed by atoms with Gasteiger partial charge in [-0.15, -0.1) is 0 Å². The molecule has 1 atom stereocenters. The van der Waals surface area contributed by atoms with Crippen LogP contribution < -0.4 is 5.32 Å². The molecule has 0 unspecified atom stereocenters. The fourth-order valence-corrected chi connectivity index (χ4v) is 3.00. The number of hydrogen-bond donors (Lipinski definition) is 1. The first kappa shape index (κ1) is 16.2. The minimum absolute atomic E-state index is 0.0133. The van der Waals surface area contributed by atoms with Crippen molar-refractivity contribution in [2.75, 3.05) is 0 Å². The van der Waals surface area contributed by atoms with Gasteiger partial charge in [-0.25, -0.2) is 4.98 Å². The molecule has 1 amide bonds. The van der Waals surface area contributed by atoms with E-state index in [0.717, 1.165) is 34.7 Å². The predicted molar refractivity (Wildman–Crippen MR) is 93.8 cm³/mol. The molecule has 0 fully saturated rings. The summed E-state index contributed by atoms with van der Waals surface area (Å²) in [6.45, 7) is 6.01. The van der Waals surface area contributed by atoms with Crippen molar-refractivity contribution >= 4 is 11.6 Å². The van der Waals surface area contributed by atoms with Crippen molar-refractivity contribution in [3.05, 3.63) is 65.4 Å². The first-order valence-corrected chi connectivity index (χ1v) is 8.23. The van der Waals surface area contributed by atoms with Crippen molar-refractivity contribution in [1.29, 1.82) is 0 Å². The van der Waals surface area contributed by atoms with Gasteiger partial charge in [0.1, 0.15) is 5.65 Å². The molecule has 0 radical (unpaired) electrons. The Balaban J connectivity index is 1.79. The highest BCUT2D eigenvalue weighted by atomic mass is 16.1. The molecule has 3 aromatic rings. The Morgan fingerprint density at radius 2 is 2.08 bits per heavy atom. The highest BCUT2D eigenvalue weighted by molar-refractivity contribution is 5.79. The second-order valence-electron chi connectivity index (χ2n) is 5.98. The summed E-state index contributed by atoms with van der Waals surface area (Å²) >= 11 is 0. The third kappa shape index (κ3) is 3.15. The van der Waals surface area contributed by atoms with Gasteiger partial charge in [0, 0.05) is 12.4 Å². The summed E-state index contributed by atoms with van der Waals surface area (Å²) in [5.41, 5.74) is 4.71. The zero-order valence-electron chi connectivity index (χ0n) is 14.3. The topological polar surface area (TPSA) is 59.3 Å². The highest BCUT2D eigenvalue weighted by Gasteiger charge is 2.18. The molecule has 0 aromatic carbocycles. The summed E-state index contributed by atoms with van der Waals surface area (Å²) in [5.74, 6) is -0.0133. The second kappa shape index (κ2) is 6.83. The Kier molecular flexibility index (Phi) is 4.60. The van der Waals surface area contributed by atoms with E-state index in [1.807, 2.05) is 54.8 Å². The molecule has 0 bridgehead atoms. The van der Waals surface area contributed by atoms with Crippen LogP contribution in [0.4, 0.5) is 0 Å². The van der Waals surface area contributed by atoms with Crippen LogP contribution in [0, 0.1) is 13.8 Å². The van der Waals surface area contributed by atoms with Gasteiger partial charge >= 0.3 is 0 Å². The van der Waals surface area contributed by atoms with Gasteiger partial charge in [0.15, 0.2) is 0 Å². The highest BCUT2D eigenvalue weighted by Crippen LogP contribution is 2.18. The lowest BCUT2D eigenvalue weighted by molar-refractivity contribution is -0.121. The number of pyridine rings is 2. The SMILES string of the molecule is CC[C@@H](NC(=O)Cc1c(C)nc2ccccn12)c1ncccc1C. The number of nitrogens with one attached hydrogen (secondary N) is 1. The van der Waals surface area contributed by atoms with Gasteiger partial charge in [0.05, 0.1) is 29.5 Å². The Morgan fingerprint density at radius 3 is 2.83 bits per heavy atom. The summed E-state index contributed by atoms with van der Waals surface area (Å²) in [6.07, 6.45) is 4.82. The summed E-state index contributed by atoms with van der Waals surface area (Å²) in [5, 5.41) is 3.11. The van der Waals surface area contributed by atoms with E-state index in [-0.39, 0.29) is 11.9 Å². The van der Waals surface area contributed by atoms with Crippen LogP contribution in [-0.2, 0) is 11.2 Å². The molecular weight excluding hydrogens is 300 g/mol. The first-order valence-electron chi connectivity index (χ1n) is 8.23. The summed E-state index contributed by atoms with van der Waals surface area (Å²) < 4.78 is 1.97. The van der Waals surface area contributed by atoms with E-state index in [1.165, 1.54) is 0 Å². The Bertz CT molecular complexity index is 869. The maximum absolute atomic E-state index is 12.6. The molecule has 0 saturated carbocycles. The number of imidazole rings is 1. The normalized spacial score (nSPS) is 12.3. The fourth-order valence-electron chi connectivity index (χ4n) is 3.00. The summed E-state index contributed by atoms with van der Waals surface area (Å²) in [7, 11) is 0.